The van der Waals surface area contributed by atoms with E-state index in [1.54, 1.807) is 6.07 Å². The lowest BCUT2D eigenvalue weighted by Gasteiger charge is -2.29. The van der Waals surface area contributed by atoms with Gasteiger partial charge in [0.25, 0.3) is 0 Å². The van der Waals surface area contributed by atoms with Crippen LogP contribution >= 0.6 is 0 Å². The molecule has 0 amide bonds. The first-order valence-electron chi connectivity index (χ1n) is 11.0. The zero-order valence-electron chi connectivity index (χ0n) is 17.4. The molecule has 0 N–H and O–H groups in total. The largest absolute Gasteiger partial charge is 0.545 e. The number of carbonyl (C=O) groups excluding carboxylic acids is 1. The van der Waals surface area contributed by atoms with Crippen molar-refractivity contribution in [3.63, 3.8) is 0 Å². The average molecular weight is 378 g/mol. The van der Waals surface area contributed by atoms with Crippen LogP contribution in [0.5, 0.6) is 0 Å². The molecule has 0 heterocycles. The van der Waals surface area contributed by atoms with Gasteiger partial charge >= 0.3 is 0 Å². The van der Waals surface area contributed by atoms with Gasteiger partial charge in [0.05, 0.1) is 5.97 Å². The van der Waals surface area contributed by atoms with Crippen molar-refractivity contribution < 1.29 is 9.90 Å². The van der Waals surface area contributed by atoms with Gasteiger partial charge in [0.15, 0.2) is 0 Å². The van der Waals surface area contributed by atoms with Crippen LogP contribution in [0.2, 0.25) is 0 Å². The van der Waals surface area contributed by atoms with Gasteiger partial charge in [-0.05, 0) is 85.5 Å². The van der Waals surface area contributed by atoms with Crippen LogP contribution < -0.4 is 5.11 Å². The summed E-state index contributed by atoms with van der Waals surface area (Å²) in [5.74, 6) is 0.451. The van der Waals surface area contributed by atoms with Crippen LogP contribution in [0.1, 0.15) is 90.9 Å². The number of carboxylic acids is 1. The molecule has 0 spiro atoms. The predicted octanol–water partition coefficient (Wildman–Crippen LogP) is 5.47. The number of benzene rings is 2. The molecule has 150 valence electrons. The molecule has 0 aliphatic heterocycles. The summed E-state index contributed by atoms with van der Waals surface area (Å²) in [4.78, 5) is 11.2. The molecule has 2 heteroatoms. The highest BCUT2D eigenvalue weighted by molar-refractivity contribution is 5.87. The molecule has 2 aromatic carbocycles. The molecule has 28 heavy (non-hydrogen) atoms. The van der Waals surface area contributed by atoms with Crippen molar-refractivity contribution in [2.45, 2.75) is 77.6 Å². The van der Waals surface area contributed by atoms with Crippen LogP contribution in [0.4, 0.5) is 0 Å². The Morgan fingerprint density at radius 3 is 2.21 bits per heavy atom. The Labute approximate surface area is 170 Å². The highest BCUT2D eigenvalue weighted by Crippen LogP contribution is 2.37. The van der Waals surface area contributed by atoms with E-state index in [1.807, 2.05) is 13.0 Å². The monoisotopic (exact) mass is 377 g/mol. The van der Waals surface area contributed by atoms with Crippen LogP contribution in [0.15, 0.2) is 42.5 Å². The molecule has 2 aromatic rings. The Hall–Kier alpha value is -2.09. The highest BCUT2D eigenvalue weighted by Gasteiger charge is 2.22. The van der Waals surface area contributed by atoms with Gasteiger partial charge < -0.3 is 9.90 Å². The number of carboxylic acid groups (broad SMARTS) is 1. The molecule has 2 nitrogen and oxygen atoms in total. The fraction of sp³-hybridized carbons (Fsp3) is 0.500. The molecule has 1 aliphatic rings. The summed E-state index contributed by atoms with van der Waals surface area (Å²) >= 11 is 0. The van der Waals surface area contributed by atoms with Gasteiger partial charge in [-0.15, -0.1) is 0 Å². The van der Waals surface area contributed by atoms with E-state index < -0.39 is 5.97 Å². The lowest BCUT2D eigenvalue weighted by atomic mass is 9.76. The minimum atomic E-state index is -1.07. The maximum Gasteiger partial charge on any atom is 0.0718 e. The van der Waals surface area contributed by atoms with E-state index in [4.69, 9.17) is 0 Å². The lowest BCUT2D eigenvalue weighted by molar-refractivity contribution is -0.255. The summed E-state index contributed by atoms with van der Waals surface area (Å²) in [6.07, 6.45) is 10.6. The standard InChI is InChI=1S/C26H34O2/c1-3-5-19-8-13-23(14-9-19)24-15-10-20(11-16-24)6-7-21-12-17-25(26(27)28)22(4-2)18-21/h8-9,12-14,17-18,20,24H,3-7,10-11,15-16H2,1-2H3,(H,27,28)/p-1. The Kier molecular flexibility index (Phi) is 7.30. The first kappa shape index (κ1) is 20.6. The van der Waals surface area contributed by atoms with Gasteiger partial charge in [0.2, 0.25) is 0 Å². The molecule has 1 saturated carbocycles. The van der Waals surface area contributed by atoms with E-state index in [0.717, 1.165) is 30.2 Å². The van der Waals surface area contributed by atoms with E-state index in [2.05, 4.69) is 37.3 Å². The van der Waals surface area contributed by atoms with Gasteiger partial charge in [-0.2, -0.15) is 0 Å². The Bertz CT molecular complexity index is 768. The molecule has 0 unspecified atom stereocenters. The third kappa shape index (κ3) is 5.25. The Morgan fingerprint density at radius 1 is 0.929 bits per heavy atom. The smallest absolute Gasteiger partial charge is 0.0718 e. The molecule has 0 saturated heterocycles. The van der Waals surface area contributed by atoms with Crippen molar-refractivity contribution in [2.24, 2.45) is 5.92 Å². The van der Waals surface area contributed by atoms with Crippen molar-refractivity contribution in [3.05, 3.63) is 70.3 Å². The first-order chi connectivity index (χ1) is 13.6. The number of rotatable bonds is 8. The summed E-state index contributed by atoms with van der Waals surface area (Å²) in [7, 11) is 0. The summed E-state index contributed by atoms with van der Waals surface area (Å²) in [5, 5.41) is 11.2. The van der Waals surface area contributed by atoms with E-state index in [-0.39, 0.29) is 0 Å². The number of aromatic carboxylic acids is 1. The molecule has 1 aliphatic carbocycles. The zero-order valence-corrected chi connectivity index (χ0v) is 17.4. The SMILES string of the molecule is CCCc1ccc(C2CCC(CCc3ccc(C(=O)[O-])c(CC)c3)CC2)cc1. The van der Waals surface area contributed by atoms with Crippen LogP contribution in [0.3, 0.4) is 0 Å². The van der Waals surface area contributed by atoms with Gasteiger partial charge in [0.1, 0.15) is 0 Å². The van der Waals surface area contributed by atoms with Crippen molar-refractivity contribution in [3.8, 4) is 0 Å². The molecule has 0 atom stereocenters. The summed E-state index contributed by atoms with van der Waals surface area (Å²) in [6, 6.07) is 15.1. The van der Waals surface area contributed by atoms with Gasteiger partial charge in [-0.1, -0.05) is 62.7 Å². The summed E-state index contributed by atoms with van der Waals surface area (Å²) in [5.41, 5.74) is 5.47. The van der Waals surface area contributed by atoms with E-state index in [0.29, 0.717) is 5.56 Å². The topological polar surface area (TPSA) is 40.1 Å². The lowest BCUT2D eigenvalue weighted by Crippen LogP contribution is -2.23. The van der Waals surface area contributed by atoms with Crippen LogP contribution in [-0.2, 0) is 19.3 Å². The molecule has 1 fully saturated rings. The highest BCUT2D eigenvalue weighted by atomic mass is 16.4. The second kappa shape index (κ2) is 9.91. The number of aryl methyl sites for hydroxylation is 3. The normalized spacial score (nSPS) is 19.5. The second-order valence-corrected chi connectivity index (χ2v) is 8.38. The minimum Gasteiger partial charge on any atom is -0.545 e. The number of hydrogen-bond acceptors (Lipinski definition) is 2. The van der Waals surface area contributed by atoms with Crippen LogP contribution in [0, 0.1) is 5.92 Å². The fourth-order valence-corrected chi connectivity index (χ4v) is 4.69. The van der Waals surface area contributed by atoms with Crippen molar-refractivity contribution in [1.82, 2.24) is 0 Å². The molecular weight excluding hydrogens is 344 g/mol. The zero-order chi connectivity index (χ0) is 19.9. The first-order valence-corrected chi connectivity index (χ1v) is 11.0. The third-order valence-corrected chi connectivity index (χ3v) is 6.45. The Balaban J connectivity index is 1.50. The van der Waals surface area contributed by atoms with Crippen LogP contribution in [-0.4, -0.2) is 5.97 Å². The van der Waals surface area contributed by atoms with Crippen LogP contribution in [0.25, 0.3) is 0 Å². The van der Waals surface area contributed by atoms with E-state index in [9.17, 15) is 9.90 Å². The Morgan fingerprint density at radius 2 is 1.61 bits per heavy atom. The van der Waals surface area contributed by atoms with E-state index >= 15 is 0 Å². The third-order valence-electron chi connectivity index (χ3n) is 6.45. The maximum atomic E-state index is 11.2. The molecule has 0 bridgehead atoms. The fourth-order valence-electron chi connectivity index (χ4n) is 4.69. The quantitative estimate of drug-likeness (QED) is 0.612. The van der Waals surface area contributed by atoms with Crippen molar-refractivity contribution in [1.29, 1.82) is 0 Å². The molecule has 0 aromatic heterocycles. The van der Waals surface area contributed by atoms with Gasteiger partial charge in [0, 0.05) is 5.56 Å². The predicted molar refractivity (Wildman–Crippen MR) is 114 cm³/mol. The molecule has 3 rings (SSSR count). The van der Waals surface area contributed by atoms with Gasteiger partial charge in [-0.25, -0.2) is 0 Å². The minimum absolute atomic E-state index is 0.344. The van der Waals surface area contributed by atoms with Crippen molar-refractivity contribution in [2.75, 3.05) is 0 Å². The summed E-state index contributed by atoms with van der Waals surface area (Å²) in [6.45, 7) is 4.23. The molecule has 0 radical (unpaired) electrons. The van der Waals surface area contributed by atoms with Gasteiger partial charge in [-0.3, -0.25) is 0 Å². The average Bonchev–Trinajstić information content (AvgIpc) is 2.73. The summed E-state index contributed by atoms with van der Waals surface area (Å²) < 4.78 is 0. The van der Waals surface area contributed by atoms with Crippen molar-refractivity contribution >= 4 is 5.97 Å². The molecular formula is C26H33O2-. The van der Waals surface area contributed by atoms with E-state index in [1.165, 1.54) is 61.6 Å². The number of hydrogen-bond donors (Lipinski definition) is 0. The second-order valence-electron chi connectivity index (χ2n) is 8.38. The maximum absolute atomic E-state index is 11.2. The number of carbonyl (C=O) groups is 1.